The number of nitrogens with one attached hydrogen (secondary N) is 2. The molecule has 6 rings (SSSR count). The zero-order chi connectivity index (χ0) is 45.4. The van der Waals surface area contributed by atoms with Gasteiger partial charge < -0.3 is 24.6 Å². The van der Waals surface area contributed by atoms with Crippen LogP contribution < -0.4 is 5.32 Å². The van der Waals surface area contributed by atoms with Gasteiger partial charge in [0.05, 0.1) is 0 Å². The third-order valence-electron chi connectivity index (χ3n) is 11.2. The number of rotatable bonds is 4. The summed E-state index contributed by atoms with van der Waals surface area (Å²) in [6.07, 6.45) is 16.2. The van der Waals surface area contributed by atoms with Crippen LogP contribution >= 0.6 is 12.4 Å². The molecule has 0 bridgehead atoms. The number of hydrogen-bond acceptors (Lipinski definition) is 9. The van der Waals surface area contributed by atoms with Gasteiger partial charge in [-0.05, 0) is 177 Å². The maximum atomic E-state index is 12.1. The lowest BCUT2D eigenvalue weighted by atomic mass is 9.84. The van der Waals surface area contributed by atoms with E-state index in [4.69, 9.17) is 4.79 Å². The van der Waals surface area contributed by atoms with Gasteiger partial charge in [-0.1, -0.05) is 28.9 Å². The van der Waals surface area contributed by atoms with Gasteiger partial charge in [0.2, 0.25) is 0 Å². The monoisotopic (exact) mass is 853 g/mol. The summed E-state index contributed by atoms with van der Waals surface area (Å²) >= 11 is 0. The van der Waals surface area contributed by atoms with Crippen LogP contribution in [-0.2, 0) is 30.5 Å². The maximum Gasteiger partial charge on any atom is 0.184 e. The normalized spacial score (nSPS) is 18.8. The predicted octanol–water partition coefficient (Wildman–Crippen LogP) is 9.48. The van der Waals surface area contributed by atoms with Gasteiger partial charge in [0.25, 0.3) is 0 Å². The number of carbonyl (C=O) groups excluding carboxylic acids is 5. The van der Waals surface area contributed by atoms with Gasteiger partial charge in [0, 0.05) is 56.1 Å². The first-order chi connectivity index (χ1) is 27.8. The van der Waals surface area contributed by atoms with E-state index >= 15 is 0 Å². The average molecular weight is 854 g/mol. The Kier molecular flexibility index (Phi) is 29.5. The summed E-state index contributed by atoms with van der Waals surface area (Å²) in [7, 11) is 7.79. The molecule has 4 aliphatic rings. The summed E-state index contributed by atoms with van der Waals surface area (Å²) in [6, 6.07) is 0. The molecule has 2 aromatic heterocycles. The molecule has 0 aromatic carbocycles. The first-order valence-corrected chi connectivity index (χ1v) is 20.7. The molecule has 11 nitrogen and oxygen atoms in total. The van der Waals surface area contributed by atoms with E-state index < -0.39 is 0 Å². The van der Waals surface area contributed by atoms with Gasteiger partial charge in [-0.15, -0.1) is 12.4 Å². The minimum absolute atomic E-state index is 0. The summed E-state index contributed by atoms with van der Waals surface area (Å²) in [5, 5.41) is 2.75. The van der Waals surface area contributed by atoms with Crippen LogP contribution in [0.5, 0.6) is 0 Å². The Morgan fingerprint density at radius 2 is 1.20 bits per heavy atom. The largest absolute Gasteiger partial charge is 0.349 e. The highest BCUT2D eigenvalue weighted by molar-refractivity contribution is 6.08. The summed E-state index contributed by atoms with van der Waals surface area (Å²) in [4.78, 5) is 67.0. The lowest BCUT2D eigenvalue weighted by molar-refractivity contribution is -0.121. The van der Waals surface area contributed by atoms with Crippen molar-refractivity contribution in [3.8, 4) is 0 Å². The quantitative estimate of drug-likeness (QED) is 0.287. The number of H-pyrrole nitrogens is 1. The first kappa shape index (κ1) is 57.8. The predicted molar refractivity (Wildman–Crippen MR) is 249 cm³/mol. The zero-order valence-corrected chi connectivity index (χ0v) is 40.2. The highest BCUT2D eigenvalue weighted by atomic mass is 35.5. The Morgan fingerprint density at radius 3 is 1.60 bits per heavy atom. The van der Waals surface area contributed by atoms with E-state index in [-0.39, 0.29) is 30.0 Å². The van der Waals surface area contributed by atoms with Gasteiger partial charge in [0.15, 0.2) is 23.1 Å². The smallest absolute Gasteiger partial charge is 0.184 e. The van der Waals surface area contributed by atoms with Gasteiger partial charge in [-0.3, -0.25) is 19.2 Å². The Morgan fingerprint density at radius 1 is 0.700 bits per heavy atom. The summed E-state index contributed by atoms with van der Waals surface area (Å²) in [5.41, 5.74) is 9.67. The number of hydrogen-bond donors (Lipinski definition) is 2. The van der Waals surface area contributed by atoms with Gasteiger partial charge in [0.1, 0.15) is 18.4 Å². The SMILES string of the molecule is C=C1CCC(C)=C(C)C1=O.C=O.CC1=C(C)C(=O)C(CN(C)C)CC1.CC1=C(C)C(=O)C(Cn2ccnc2C)CC1.CC1=C(C)C(=O)CCC1.CNC.Cc1ncc[nH]1.Cl. The molecule has 0 aliphatic heterocycles. The van der Waals surface area contributed by atoms with E-state index in [0.717, 1.165) is 110 Å². The van der Waals surface area contributed by atoms with E-state index in [0.29, 0.717) is 17.3 Å². The number of Topliss-reactive ketones (excluding diaryl/α,β-unsaturated/α-hetero) is 4. The standard InChI is InChI=1S/C13H18N2O.C11H19NO.C9H12O.C8H12O.C4H6N2.C2H7N.CH2O.ClH/c1-9-4-5-12(13(16)10(9)2)8-15-7-6-14-11(15)3;1-8-5-6-10(7-12(3)4)11(13)9(8)2;1-6-4-5-7(2)9(10)8(6)3;1-6-4-3-5-8(9)7(6)2;1-4-5-2-3-6-4;1-3-2;1-2;/h6-7,12H,4-5,8H2,1-3H3;10H,5-7H2,1-4H3;2,4-5H2,1,3H3;3-5H2,1-2H3;2-3H,1H3,(H,5,6);3H,1-2H3;1H2;1H. The van der Waals surface area contributed by atoms with Gasteiger partial charge in [-0.2, -0.15) is 0 Å². The van der Waals surface area contributed by atoms with Crippen molar-refractivity contribution in [2.75, 3.05) is 34.7 Å². The highest BCUT2D eigenvalue weighted by Gasteiger charge is 2.27. The number of nitrogens with zero attached hydrogens (tertiary/aromatic N) is 4. The second-order valence-corrected chi connectivity index (χ2v) is 16.1. The molecule has 0 spiro atoms. The highest BCUT2D eigenvalue weighted by Crippen LogP contribution is 2.28. The van der Waals surface area contributed by atoms with Gasteiger partial charge in [-0.25, -0.2) is 9.97 Å². The van der Waals surface area contributed by atoms with Crippen molar-refractivity contribution in [2.24, 2.45) is 11.8 Å². The van der Waals surface area contributed by atoms with Crippen molar-refractivity contribution in [3.63, 3.8) is 0 Å². The molecule has 0 saturated carbocycles. The molecule has 2 heterocycles. The molecule has 60 heavy (non-hydrogen) atoms. The molecule has 0 saturated heterocycles. The van der Waals surface area contributed by atoms with Crippen LogP contribution in [0.1, 0.15) is 125 Å². The number of carbonyl (C=O) groups is 5. The second-order valence-electron chi connectivity index (χ2n) is 16.1. The molecule has 0 fully saturated rings. The molecule has 2 unspecified atom stereocenters. The molecule has 2 atom stereocenters. The Bertz CT molecular complexity index is 1810. The first-order valence-electron chi connectivity index (χ1n) is 20.7. The van der Waals surface area contributed by atoms with Crippen molar-refractivity contribution in [3.05, 3.63) is 93.2 Å². The molecule has 336 valence electrons. The van der Waals surface area contributed by atoms with Crippen molar-refractivity contribution in [1.29, 1.82) is 0 Å². The fraction of sp³-hybridized carbons (Fsp3) is 0.562. The Labute approximate surface area is 368 Å². The number of aromatic nitrogens is 4. The van der Waals surface area contributed by atoms with E-state index in [9.17, 15) is 19.2 Å². The van der Waals surface area contributed by atoms with E-state index in [2.05, 4.69) is 50.2 Å². The molecular weight excluding hydrogens is 776 g/mol. The third kappa shape index (κ3) is 20.3. The molecule has 0 radical (unpaired) electrons. The Hall–Kier alpha value is -4.32. The van der Waals surface area contributed by atoms with E-state index in [1.54, 1.807) is 18.6 Å². The summed E-state index contributed by atoms with van der Waals surface area (Å²) in [6.45, 7) is 27.2. The number of ketones is 4. The number of halogens is 1. The molecule has 2 aromatic rings. The lowest BCUT2D eigenvalue weighted by Gasteiger charge is -2.25. The topological polar surface area (TPSA) is 147 Å². The van der Waals surface area contributed by atoms with Crippen LogP contribution in [0.25, 0.3) is 0 Å². The lowest BCUT2D eigenvalue weighted by Crippen LogP contribution is -2.31. The van der Waals surface area contributed by atoms with Gasteiger partial charge >= 0.3 is 0 Å². The zero-order valence-electron chi connectivity index (χ0n) is 39.4. The number of imidazole rings is 2. The minimum atomic E-state index is 0. The van der Waals surface area contributed by atoms with Crippen LogP contribution in [-0.4, -0.2) is 89.1 Å². The summed E-state index contributed by atoms with van der Waals surface area (Å²) < 4.78 is 2.07. The Balaban J connectivity index is 0. The van der Waals surface area contributed by atoms with Crippen molar-refractivity contribution < 1.29 is 24.0 Å². The maximum absolute atomic E-state index is 12.1. The molecule has 2 N–H and O–H groups in total. The van der Waals surface area contributed by atoms with Crippen LogP contribution in [0.3, 0.4) is 0 Å². The van der Waals surface area contributed by atoms with Crippen molar-refractivity contribution >= 4 is 42.3 Å². The van der Waals surface area contributed by atoms with Crippen LogP contribution in [0.15, 0.2) is 81.5 Å². The fourth-order valence-corrected chi connectivity index (χ4v) is 6.64. The van der Waals surface area contributed by atoms with Crippen LogP contribution in [0.4, 0.5) is 0 Å². The minimum Gasteiger partial charge on any atom is -0.349 e. The van der Waals surface area contributed by atoms with Crippen LogP contribution in [0.2, 0.25) is 0 Å². The number of aromatic amines is 1. The number of aryl methyl sites for hydroxylation is 2. The summed E-state index contributed by atoms with van der Waals surface area (Å²) in [5.74, 6) is 3.50. The second kappa shape index (κ2) is 30.7. The average Bonchev–Trinajstić information content (AvgIpc) is 3.86. The third-order valence-corrected chi connectivity index (χ3v) is 11.2. The fourth-order valence-electron chi connectivity index (χ4n) is 6.64. The van der Waals surface area contributed by atoms with Crippen molar-refractivity contribution in [1.82, 2.24) is 29.7 Å². The van der Waals surface area contributed by atoms with Crippen LogP contribution in [0, 0.1) is 25.7 Å². The van der Waals surface area contributed by atoms with E-state index in [1.807, 2.05) is 96.6 Å². The number of allylic oxidation sites excluding steroid dienone is 9. The molecular formula is C48H77ClN6O5. The molecule has 0 amide bonds. The van der Waals surface area contributed by atoms with Crippen molar-refractivity contribution in [2.45, 2.75) is 134 Å². The molecule has 12 heteroatoms. The molecule has 4 aliphatic carbocycles. The van der Waals surface area contributed by atoms with E-state index in [1.165, 1.54) is 22.3 Å².